The van der Waals surface area contributed by atoms with Crippen LogP contribution in [0.3, 0.4) is 0 Å². The molecule has 2 N–H and O–H groups in total. The number of nitrogens with one attached hydrogen (secondary N) is 2. The molecule has 0 aliphatic heterocycles. The van der Waals surface area contributed by atoms with Gasteiger partial charge in [-0.15, -0.1) is 0 Å². The molecule has 8 heteroatoms. The largest absolute Gasteiger partial charge is 0.330 e. The van der Waals surface area contributed by atoms with Crippen LogP contribution in [0.4, 0.5) is 0 Å². The molecule has 0 unspecified atom stereocenters. The van der Waals surface area contributed by atoms with E-state index in [9.17, 15) is 9.59 Å². The maximum atomic E-state index is 12.5. The summed E-state index contributed by atoms with van der Waals surface area (Å²) in [5.74, 6) is 0.714. The van der Waals surface area contributed by atoms with E-state index in [1.54, 1.807) is 9.13 Å². The van der Waals surface area contributed by atoms with Gasteiger partial charge in [0.2, 0.25) is 0 Å². The maximum absolute atomic E-state index is 12.5. The third kappa shape index (κ3) is 4.09. The Morgan fingerprint density at radius 2 is 1.80 bits per heavy atom. The normalized spacial score (nSPS) is 12.0. The van der Waals surface area contributed by atoms with E-state index in [1.807, 2.05) is 31.3 Å². The number of H-pyrrole nitrogens is 1. The van der Waals surface area contributed by atoms with Crippen LogP contribution in [-0.4, -0.2) is 19.1 Å². The number of imidazole rings is 1. The zero-order chi connectivity index (χ0) is 21.9. The lowest BCUT2D eigenvalue weighted by Gasteiger charge is -2.34. The number of hydrogen-bond donors (Lipinski definition) is 2. The van der Waals surface area contributed by atoms with Gasteiger partial charge in [-0.25, -0.2) is 9.78 Å². The number of unbranched alkanes of at least 4 members (excludes halogenated alkanes) is 1. The maximum Gasteiger partial charge on any atom is 0.330 e. The van der Waals surface area contributed by atoms with E-state index >= 15 is 0 Å². The fraction of sp³-hybridized carbons (Fsp3) is 0.500. The second-order valence-electron chi connectivity index (χ2n) is 7.67. The van der Waals surface area contributed by atoms with Crippen LogP contribution in [0.1, 0.15) is 57.8 Å². The number of rotatable bonds is 9. The standard InChI is InChI=1S/C22H30ClN5O2/c1-5-8-13-28-19-18(20(29)26-21(28)30)27(4)17(25-19)14-24-22(6-2,7-3)15-9-11-16(23)12-10-15/h9-12,24H,5-8,13-14H2,1-4H3,(H,26,29,30). The van der Waals surface area contributed by atoms with Crippen molar-refractivity contribution in [2.45, 2.75) is 65.1 Å². The number of fused-ring (bicyclic) bond motifs is 1. The highest BCUT2D eigenvalue weighted by Crippen LogP contribution is 2.30. The molecule has 0 aliphatic carbocycles. The van der Waals surface area contributed by atoms with Crippen molar-refractivity contribution in [1.82, 2.24) is 24.4 Å². The molecule has 30 heavy (non-hydrogen) atoms. The van der Waals surface area contributed by atoms with Gasteiger partial charge in [0.1, 0.15) is 5.82 Å². The van der Waals surface area contributed by atoms with Crippen LogP contribution < -0.4 is 16.6 Å². The summed E-state index contributed by atoms with van der Waals surface area (Å²) >= 11 is 6.07. The van der Waals surface area contributed by atoms with Crippen molar-refractivity contribution in [2.75, 3.05) is 0 Å². The second kappa shape index (κ2) is 9.18. The molecule has 0 radical (unpaired) electrons. The van der Waals surface area contributed by atoms with Gasteiger partial charge >= 0.3 is 5.69 Å². The van der Waals surface area contributed by atoms with Crippen LogP contribution >= 0.6 is 11.6 Å². The van der Waals surface area contributed by atoms with Crippen molar-refractivity contribution in [2.24, 2.45) is 7.05 Å². The highest BCUT2D eigenvalue weighted by atomic mass is 35.5. The van der Waals surface area contributed by atoms with E-state index in [-0.39, 0.29) is 5.54 Å². The van der Waals surface area contributed by atoms with Crippen LogP contribution in [0.5, 0.6) is 0 Å². The molecule has 3 rings (SSSR count). The molecule has 0 saturated carbocycles. The lowest BCUT2D eigenvalue weighted by Crippen LogP contribution is -2.41. The van der Waals surface area contributed by atoms with E-state index in [4.69, 9.17) is 11.6 Å². The van der Waals surface area contributed by atoms with Gasteiger partial charge in [-0.05, 0) is 37.0 Å². The number of benzene rings is 1. The lowest BCUT2D eigenvalue weighted by molar-refractivity contribution is 0.301. The summed E-state index contributed by atoms with van der Waals surface area (Å²) < 4.78 is 3.34. The molecular formula is C22H30ClN5O2. The monoisotopic (exact) mass is 431 g/mol. The van der Waals surface area contributed by atoms with Gasteiger partial charge in [-0.1, -0.05) is 50.9 Å². The molecule has 0 saturated heterocycles. The second-order valence-corrected chi connectivity index (χ2v) is 8.11. The average Bonchev–Trinajstić information content (AvgIpc) is 3.07. The summed E-state index contributed by atoms with van der Waals surface area (Å²) in [6.07, 6.45) is 3.56. The fourth-order valence-electron chi connectivity index (χ4n) is 4.00. The highest BCUT2D eigenvalue weighted by Gasteiger charge is 2.28. The molecule has 0 bridgehead atoms. The van der Waals surface area contributed by atoms with Crippen molar-refractivity contribution in [3.05, 3.63) is 61.5 Å². The first-order valence-corrected chi connectivity index (χ1v) is 10.9. The first-order chi connectivity index (χ1) is 14.4. The predicted octanol–water partition coefficient (Wildman–Crippen LogP) is 3.68. The molecule has 2 aromatic heterocycles. The Hall–Kier alpha value is -2.38. The molecule has 3 aromatic rings. The molecule has 2 heterocycles. The van der Waals surface area contributed by atoms with E-state index in [0.717, 1.165) is 31.2 Å². The van der Waals surface area contributed by atoms with Crippen LogP contribution in [0.25, 0.3) is 11.2 Å². The molecule has 7 nitrogen and oxygen atoms in total. The number of nitrogens with zero attached hydrogens (tertiary/aromatic N) is 3. The molecule has 0 atom stereocenters. The number of halogens is 1. The van der Waals surface area contributed by atoms with Crippen molar-refractivity contribution in [3.63, 3.8) is 0 Å². The minimum absolute atomic E-state index is 0.239. The number of aromatic amines is 1. The Labute approximate surface area is 181 Å². The lowest BCUT2D eigenvalue weighted by atomic mass is 9.84. The summed E-state index contributed by atoms with van der Waals surface area (Å²) in [5.41, 5.74) is 0.981. The Kier molecular flexibility index (Phi) is 6.83. The Bertz CT molecular complexity index is 1120. The van der Waals surface area contributed by atoms with Crippen molar-refractivity contribution < 1.29 is 0 Å². The van der Waals surface area contributed by atoms with Gasteiger partial charge in [0.25, 0.3) is 5.56 Å². The van der Waals surface area contributed by atoms with E-state index in [0.29, 0.717) is 35.1 Å². The van der Waals surface area contributed by atoms with Gasteiger partial charge < -0.3 is 9.88 Å². The van der Waals surface area contributed by atoms with E-state index in [2.05, 4.69) is 36.1 Å². The quantitative estimate of drug-likeness (QED) is 0.541. The third-order valence-electron chi connectivity index (χ3n) is 6.03. The number of aryl methyl sites for hydroxylation is 2. The molecular weight excluding hydrogens is 402 g/mol. The zero-order valence-corrected chi connectivity index (χ0v) is 18.8. The van der Waals surface area contributed by atoms with Crippen molar-refractivity contribution in [3.8, 4) is 0 Å². The molecule has 0 fully saturated rings. The van der Waals surface area contributed by atoms with E-state index < -0.39 is 11.2 Å². The number of aromatic nitrogens is 4. The highest BCUT2D eigenvalue weighted by molar-refractivity contribution is 6.30. The Balaban J connectivity index is 1.99. The molecule has 0 spiro atoms. The SMILES string of the molecule is CCCCn1c(=O)[nH]c(=O)c2c1nc(CNC(CC)(CC)c1ccc(Cl)cc1)n2C. The first-order valence-electron chi connectivity index (χ1n) is 10.6. The average molecular weight is 432 g/mol. The van der Waals surface area contributed by atoms with Crippen molar-refractivity contribution >= 4 is 22.8 Å². The summed E-state index contributed by atoms with van der Waals surface area (Å²) in [5, 5.41) is 4.36. The number of hydrogen-bond acceptors (Lipinski definition) is 4. The third-order valence-corrected chi connectivity index (χ3v) is 6.28. The van der Waals surface area contributed by atoms with Gasteiger partial charge in [0.05, 0.1) is 6.54 Å². The van der Waals surface area contributed by atoms with Gasteiger partial charge in [0, 0.05) is 24.2 Å². The predicted molar refractivity (Wildman–Crippen MR) is 121 cm³/mol. The van der Waals surface area contributed by atoms with Gasteiger partial charge in [-0.2, -0.15) is 0 Å². The van der Waals surface area contributed by atoms with E-state index in [1.165, 1.54) is 0 Å². The Morgan fingerprint density at radius 1 is 1.13 bits per heavy atom. The smallest absolute Gasteiger partial charge is 0.324 e. The summed E-state index contributed by atoms with van der Waals surface area (Å²) in [7, 11) is 1.82. The van der Waals surface area contributed by atoms with Crippen LogP contribution in [0, 0.1) is 0 Å². The van der Waals surface area contributed by atoms with Crippen LogP contribution in [0.15, 0.2) is 33.9 Å². The fourth-order valence-corrected chi connectivity index (χ4v) is 4.13. The topological polar surface area (TPSA) is 84.7 Å². The minimum Gasteiger partial charge on any atom is -0.324 e. The van der Waals surface area contributed by atoms with Gasteiger partial charge in [-0.3, -0.25) is 14.3 Å². The Morgan fingerprint density at radius 3 is 2.40 bits per heavy atom. The summed E-state index contributed by atoms with van der Waals surface area (Å²) in [6.45, 7) is 7.36. The zero-order valence-electron chi connectivity index (χ0n) is 18.1. The molecule has 162 valence electrons. The first kappa shape index (κ1) is 22.3. The van der Waals surface area contributed by atoms with Gasteiger partial charge in [0.15, 0.2) is 11.2 Å². The van der Waals surface area contributed by atoms with Crippen LogP contribution in [0.2, 0.25) is 5.02 Å². The summed E-state index contributed by atoms with van der Waals surface area (Å²) in [6, 6.07) is 7.90. The minimum atomic E-state index is -0.406. The summed E-state index contributed by atoms with van der Waals surface area (Å²) in [4.78, 5) is 31.9. The van der Waals surface area contributed by atoms with Crippen LogP contribution in [-0.2, 0) is 25.7 Å². The molecule has 1 aromatic carbocycles. The van der Waals surface area contributed by atoms with Crippen molar-refractivity contribution in [1.29, 1.82) is 0 Å². The molecule has 0 amide bonds. The molecule has 0 aliphatic rings.